The highest BCUT2D eigenvalue weighted by molar-refractivity contribution is 9.10. The minimum absolute atomic E-state index is 0.0734. The van der Waals surface area contributed by atoms with E-state index in [9.17, 15) is 18.0 Å². The fraction of sp³-hybridized carbons (Fsp3) is 0.286. The predicted octanol–water partition coefficient (Wildman–Crippen LogP) is 5.03. The maximum absolute atomic E-state index is 14.0. The third-order valence-corrected chi connectivity index (χ3v) is 7.89. The average Bonchev–Trinajstić information content (AvgIpc) is 2.88. The van der Waals surface area contributed by atoms with Crippen molar-refractivity contribution < 1.29 is 18.0 Å². The van der Waals surface area contributed by atoms with Gasteiger partial charge in [-0.05, 0) is 57.7 Å². The van der Waals surface area contributed by atoms with Gasteiger partial charge in [-0.15, -0.1) is 0 Å². The van der Waals surface area contributed by atoms with Crippen molar-refractivity contribution in [2.45, 2.75) is 32.4 Å². The van der Waals surface area contributed by atoms with E-state index in [2.05, 4.69) is 21.2 Å². The second-order valence-electron chi connectivity index (χ2n) is 8.87. The number of anilines is 1. The maximum Gasteiger partial charge on any atom is 0.244 e. The predicted molar refractivity (Wildman–Crippen MR) is 156 cm³/mol. The van der Waals surface area contributed by atoms with Crippen LogP contribution in [-0.2, 0) is 32.6 Å². The molecule has 0 radical (unpaired) electrons. The van der Waals surface area contributed by atoms with Gasteiger partial charge in [0.2, 0.25) is 21.8 Å². The minimum atomic E-state index is -3.83. The van der Waals surface area contributed by atoms with Crippen molar-refractivity contribution in [3.63, 3.8) is 0 Å². The molecule has 0 bridgehead atoms. The van der Waals surface area contributed by atoms with Crippen molar-refractivity contribution >= 4 is 55.1 Å². The van der Waals surface area contributed by atoms with Crippen molar-refractivity contribution in [2.24, 2.45) is 0 Å². The van der Waals surface area contributed by atoms with E-state index < -0.39 is 28.5 Å². The van der Waals surface area contributed by atoms with Gasteiger partial charge in [-0.2, -0.15) is 0 Å². The van der Waals surface area contributed by atoms with E-state index in [0.29, 0.717) is 21.7 Å². The lowest BCUT2D eigenvalue weighted by Gasteiger charge is -2.33. The number of carbonyl (C=O) groups is 2. The molecule has 2 amide bonds. The van der Waals surface area contributed by atoms with E-state index in [1.807, 2.05) is 43.3 Å². The number of hydrogen-bond acceptors (Lipinski definition) is 4. The third-order valence-electron chi connectivity index (χ3n) is 5.86. The van der Waals surface area contributed by atoms with Gasteiger partial charge in [0.1, 0.15) is 12.6 Å². The molecule has 0 saturated carbocycles. The lowest BCUT2D eigenvalue weighted by molar-refractivity contribution is -0.140. The Labute approximate surface area is 238 Å². The second-order valence-corrected chi connectivity index (χ2v) is 12.1. The Kier molecular flexibility index (Phi) is 10.8. The summed E-state index contributed by atoms with van der Waals surface area (Å²) in [4.78, 5) is 28.9. The smallest absolute Gasteiger partial charge is 0.244 e. The number of rotatable bonds is 12. The monoisotopic (exact) mass is 619 g/mol. The number of hydrogen-bond donors (Lipinski definition) is 1. The first-order valence-corrected chi connectivity index (χ1v) is 15.2. The summed E-state index contributed by atoms with van der Waals surface area (Å²) in [6.45, 7) is 2.00. The van der Waals surface area contributed by atoms with Gasteiger partial charge in [0, 0.05) is 29.0 Å². The van der Waals surface area contributed by atoms with Crippen LogP contribution < -0.4 is 9.62 Å². The molecule has 0 heterocycles. The Hall–Kier alpha value is -2.88. The lowest BCUT2D eigenvalue weighted by Crippen LogP contribution is -2.53. The number of para-hydroxylation sites is 1. The van der Waals surface area contributed by atoms with Crippen LogP contribution in [-0.4, -0.2) is 50.5 Å². The number of amides is 2. The number of halogens is 2. The third kappa shape index (κ3) is 8.31. The Morgan fingerprint density at radius 3 is 2.26 bits per heavy atom. The maximum atomic E-state index is 14.0. The molecular formula is C28H31BrClN3O4S. The van der Waals surface area contributed by atoms with Crippen LogP contribution in [0.4, 0.5) is 5.69 Å². The van der Waals surface area contributed by atoms with E-state index in [-0.39, 0.29) is 18.9 Å². The summed E-state index contributed by atoms with van der Waals surface area (Å²) in [7, 11) is -3.83. The Balaban J connectivity index is 2.05. The van der Waals surface area contributed by atoms with Gasteiger partial charge in [0.15, 0.2) is 0 Å². The summed E-state index contributed by atoms with van der Waals surface area (Å²) in [6, 6.07) is 22.4. The number of carbonyl (C=O) groups excluding carboxylic acids is 2. The van der Waals surface area contributed by atoms with Gasteiger partial charge in [0.25, 0.3) is 0 Å². The molecule has 0 saturated heterocycles. The minimum Gasteiger partial charge on any atom is -0.354 e. The molecule has 0 aliphatic carbocycles. The SMILES string of the molecule is CCCNC(=O)C(Cc1ccccc1)N(Cc1cccc(Cl)c1)C(=O)CN(c1ccccc1Br)S(C)(=O)=O. The number of sulfonamides is 1. The van der Waals surface area contributed by atoms with Crippen LogP contribution in [0, 0.1) is 0 Å². The fourth-order valence-electron chi connectivity index (χ4n) is 4.00. The van der Waals surface area contributed by atoms with Crippen LogP contribution in [0.3, 0.4) is 0 Å². The molecule has 3 aromatic rings. The molecule has 1 N–H and O–H groups in total. The molecule has 3 rings (SSSR count). The molecule has 0 spiro atoms. The topological polar surface area (TPSA) is 86.8 Å². The van der Waals surface area contributed by atoms with Gasteiger partial charge in [0.05, 0.1) is 11.9 Å². The van der Waals surface area contributed by atoms with E-state index in [4.69, 9.17) is 11.6 Å². The first kappa shape index (κ1) is 29.7. The van der Waals surface area contributed by atoms with Gasteiger partial charge in [-0.1, -0.05) is 73.1 Å². The van der Waals surface area contributed by atoms with E-state index in [1.165, 1.54) is 4.90 Å². The summed E-state index contributed by atoms with van der Waals surface area (Å²) < 4.78 is 27.2. The molecule has 1 unspecified atom stereocenters. The molecule has 7 nitrogen and oxygen atoms in total. The summed E-state index contributed by atoms with van der Waals surface area (Å²) >= 11 is 9.61. The first-order chi connectivity index (χ1) is 18.1. The fourth-order valence-corrected chi connectivity index (χ4v) is 5.69. The summed E-state index contributed by atoms with van der Waals surface area (Å²) in [6.07, 6.45) is 2.04. The largest absolute Gasteiger partial charge is 0.354 e. The quantitative estimate of drug-likeness (QED) is 0.308. The van der Waals surface area contributed by atoms with Gasteiger partial charge in [-0.3, -0.25) is 13.9 Å². The molecule has 0 aliphatic heterocycles. The van der Waals surface area contributed by atoms with Crippen molar-refractivity contribution in [1.82, 2.24) is 10.2 Å². The van der Waals surface area contributed by atoms with Gasteiger partial charge < -0.3 is 10.2 Å². The molecule has 38 heavy (non-hydrogen) atoms. The normalized spacial score (nSPS) is 12.0. The highest BCUT2D eigenvalue weighted by Gasteiger charge is 2.33. The van der Waals surface area contributed by atoms with Crippen LogP contribution in [0.2, 0.25) is 5.02 Å². The summed E-state index contributed by atoms with van der Waals surface area (Å²) in [5.41, 5.74) is 1.93. The van der Waals surface area contributed by atoms with E-state index in [1.54, 1.807) is 42.5 Å². The first-order valence-electron chi connectivity index (χ1n) is 12.2. The molecular weight excluding hydrogens is 590 g/mol. The van der Waals surface area contributed by atoms with Crippen LogP contribution in [0.15, 0.2) is 83.3 Å². The summed E-state index contributed by atoms with van der Waals surface area (Å²) in [5.74, 6) is -0.823. The Bertz CT molecular complexity index is 1350. The van der Waals surface area contributed by atoms with Crippen molar-refractivity contribution in [1.29, 1.82) is 0 Å². The zero-order valence-electron chi connectivity index (χ0n) is 21.3. The van der Waals surface area contributed by atoms with Gasteiger partial charge in [-0.25, -0.2) is 8.42 Å². The van der Waals surface area contributed by atoms with E-state index in [0.717, 1.165) is 28.1 Å². The molecule has 0 aliphatic rings. The Morgan fingerprint density at radius 1 is 0.974 bits per heavy atom. The molecule has 202 valence electrons. The van der Waals surface area contributed by atoms with Crippen molar-refractivity contribution in [2.75, 3.05) is 23.7 Å². The highest BCUT2D eigenvalue weighted by atomic mass is 79.9. The van der Waals surface area contributed by atoms with E-state index >= 15 is 0 Å². The zero-order chi connectivity index (χ0) is 27.7. The van der Waals surface area contributed by atoms with Crippen LogP contribution in [0.1, 0.15) is 24.5 Å². The Morgan fingerprint density at radius 2 is 1.63 bits per heavy atom. The number of nitrogens with zero attached hydrogens (tertiary/aromatic N) is 2. The number of nitrogens with one attached hydrogen (secondary N) is 1. The van der Waals surface area contributed by atoms with Gasteiger partial charge >= 0.3 is 0 Å². The standard InChI is InChI=1S/C28H31BrClN3O4S/c1-3-16-31-28(35)26(18-21-10-5-4-6-11-21)32(19-22-12-9-13-23(30)17-22)27(34)20-33(38(2,36)37)25-15-8-7-14-24(25)29/h4-15,17,26H,3,16,18-20H2,1-2H3,(H,31,35). The molecule has 3 aromatic carbocycles. The van der Waals surface area contributed by atoms with Crippen molar-refractivity contribution in [3.8, 4) is 0 Å². The lowest BCUT2D eigenvalue weighted by atomic mass is 10.0. The molecule has 0 fully saturated rings. The highest BCUT2D eigenvalue weighted by Crippen LogP contribution is 2.28. The second kappa shape index (κ2) is 13.8. The molecule has 1 atom stereocenters. The number of benzene rings is 3. The molecule has 10 heteroatoms. The van der Waals surface area contributed by atoms with Crippen LogP contribution in [0.25, 0.3) is 0 Å². The van der Waals surface area contributed by atoms with Crippen molar-refractivity contribution in [3.05, 3.63) is 99.5 Å². The van der Waals surface area contributed by atoms with Crippen LogP contribution >= 0.6 is 27.5 Å². The summed E-state index contributed by atoms with van der Waals surface area (Å²) in [5, 5.41) is 3.41. The average molecular weight is 621 g/mol. The van der Waals surface area contributed by atoms with Crippen LogP contribution in [0.5, 0.6) is 0 Å². The molecule has 0 aromatic heterocycles. The zero-order valence-corrected chi connectivity index (χ0v) is 24.5.